The van der Waals surface area contributed by atoms with Gasteiger partial charge in [0.05, 0.1) is 0 Å². The van der Waals surface area contributed by atoms with Crippen LogP contribution < -0.4 is 0 Å². The van der Waals surface area contributed by atoms with Crippen molar-refractivity contribution in [2.24, 2.45) is 35.5 Å². The van der Waals surface area contributed by atoms with Gasteiger partial charge in [0.1, 0.15) is 0 Å². The number of allylic oxidation sites excluding steroid dienone is 1. The van der Waals surface area contributed by atoms with Crippen LogP contribution in [0.25, 0.3) is 6.08 Å². The van der Waals surface area contributed by atoms with Crippen molar-refractivity contribution in [3.63, 3.8) is 0 Å². The Morgan fingerprint density at radius 3 is 2.41 bits per heavy atom. The molecular formula is C34H56Cl2Si2Zr. The number of hydrogen-bond donors (Lipinski definition) is 0. The van der Waals surface area contributed by atoms with Gasteiger partial charge in [-0.2, -0.15) is 0 Å². The van der Waals surface area contributed by atoms with Crippen LogP contribution in [0.4, 0.5) is 0 Å². The van der Waals surface area contributed by atoms with E-state index in [1.54, 1.807) is 56.9 Å². The van der Waals surface area contributed by atoms with Crippen molar-refractivity contribution < 1.29 is 20.8 Å². The van der Waals surface area contributed by atoms with Crippen molar-refractivity contribution in [2.45, 2.75) is 114 Å². The Labute approximate surface area is 264 Å². The Morgan fingerprint density at radius 1 is 0.872 bits per heavy atom. The topological polar surface area (TPSA) is 0 Å². The number of unbranched alkanes of at least 4 members (excludes halogenated alkanes) is 1. The zero-order chi connectivity index (χ0) is 25.9. The van der Waals surface area contributed by atoms with Gasteiger partial charge >= 0.3 is 37.9 Å². The molecule has 5 aliphatic carbocycles. The summed E-state index contributed by atoms with van der Waals surface area (Å²) >= 11 is -0.826. The molecular weight excluding hydrogens is 627 g/mol. The Bertz CT molecular complexity index is 909. The Balaban J connectivity index is 0.000000805. The minimum absolute atomic E-state index is 0. The quantitative estimate of drug-likeness (QED) is 0.198. The van der Waals surface area contributed by atoms with Crippen molar-refractivity contribution in [3.8, 4) is 0 Å². The molecule has 0 radical (unpaired) electrons. The average Bonchev–Trinajstić information content (AvgIpc) is 3.71. The van der Waals surface area contributed by atoms with Crippen LogP contribution in [0.1, 0.15) is 101 Å². The molecule has 4 fully saturated rings. The second-order valence-corrected chi connectivity index (χ2v) is 28.9. The third-order valence-corrected chi connectivity index (χ3v) is 26.3. The molecule has 0 N–H and O–H groups in total. The Morgan fingerprint density at radius 2 is 1.64 bits per heavy atom. The fourth-order valence-corrected chi connectivity index (χ4v) is 23.0. The number of benzene rings is 1. The van der Waals surface area contributed by atoms with Gasteiger partial charge in [-0.05, 0) is 71.4 Å². The molecule has 0 aliphatic heterocycles. The number of halogens is 2. The molecule has 0 spiro atoms. The van der Waals surface area contributed by atoms with Crippen LogP contribution in [0, 0.1) is 50.4 Å². The summed E-state index contributed by atoms with van der Waals surface area (Å²) in [6.45, 7) is 8.14. The summed E-state index contributed by atoms with van der Waals surface area (Å²) in [5.41, 5.74) is 5.62. The van der Waals surface area contributed by atoms with Crippen molar-refractivity contribution >= 4 is 39.7 Å². The van der Waals surface area contributed by atoms with Gasteiger partial charge in [0.2, 0.25) is 0 Å². The molecule has 6 rings (SSSR count). The van der Waals surface area contributed by atoms with E-state index in [1.165, 1.54) is 42.3 Å². The molecule has 11 atom stereocenters. The first-order chi connectivity index (χ1) is 18.1. The zero-order valence-electron chi connectivity index (χ0n) is 25.6. The predicted octanol–water partition coefficient (Wildman–Crippen LogP) is 11.1. The molecule has 218 valence electrons. The fraction of sp³-hybridized carbons (Fsp3) is 0.706. The van der Waals surface area contributed by atoms with Crippen molar-refractivity contribution in [1.82, 2.24) is 0 Å². The molecule has 0 bridgehead atoms. The summed E-state index contributed by atoms with van der Waals surface area (Å²) in [5, 5.41) is 0. The standard InChI is InChI=1S/C32H50Si2.2CH3.2ClH.Zr/c1-4-5-9-22-14-16-25(20-22)33(2)34(3)31-19-18-29-30(31)21-24-11-8-13-27(24)32(29)28-17-15-23-10-6-7-12-26(23)28;;;;;/h6-7,10,12,15,17,22,24-25,27-34H,4-5,8-9,11,13-14,16,18-21H2,1-3H3;2*1H3;2*1H;/q;2*-1;;;+4/p-2. The van der Waals surface area contributed by atoms with Gasteiger partial charge < -0.3 is 14.9 Å². The van der Waals surface area contributed by atoms with Gasteiger partial charge in [0, 0.05) is 22.5 Å². The summed E-state index contributed by atoms with van der Waals surface area (Å²) in [6.07, 6.45) is 23.8. The van der Waals surface area contributed by atoms with E-state index in [4.69, 9.17) is 17.0 Å². The molecule has 1 aromatic rings. The Kier molecular flexibility index (Phi) is 14.2. The first kappa shape index (κ1) is 34.3. The predicted molar refractivity (Wildman–Crippen MR) is 178 cm³/mol. The van der Waals surface area contributed by atoms with Gasteiger partial charge in [-0.1, -0.05) is 120 Å². The maximum absolute atomic E-state index is 4.93. The fourth-order valence-electron chi connectivity index (χ4n) is 10.5. The van der Waals surface area contributed by atoms with Gasteiger partial charge in [-0.25, -0.2) is 0 Å². The molecule has 0 heterocycles. The molecule has 39 heavy (non-hydrogen) atoms. The van der Waals surface area contributed by atoms with Gasteiger partial charge in [0.15, 0.2) is 0 Å². The first-order valence-electron chi connectivity index (χ1n) is 15.8. The molecule has 4 saturated carbocycles. The van der Waals surface area contributed by atoms with E-state index in [2.05, 4.69) is 56.4 Å². The van der Waals surface area contributed by atoms with Crippen LogP contribution in [0.5, 0.6) is 0 Å². The zero-order valence-corrected chi connectivity index (χ0v) is 31.8. The maximum atomic E-state index is 4.93. The molecule has 5 heteroatoms. The molecule has 1 aromatic carbocycles. The van der Waals surface area contributed by atoms with Crippen molar-refractivity contribution in [1.29, 1.82) is 0 Å². The SMILES string of the molecule is CCCCC1CCC([SiH](C)[SiH](C)C2CCC3C2CC2CCCC2C3C2C=Cc3ccccc32)C1.[CH3-].[CH3-].[Cl][Zr+2][Cl]. The average molecular weight is 683 g/mol. The van der Waals surface area contributed by atoms with Crippen molar-refractivity contribution in [3.05, 3.63) is 56.3 Å². The molecule has 5 aliphatic rings. The summed E-state index contributed by atoms with van der Waals surface area (Å²) in [7, 11) is 8.72. The van der Waals surface area contributed by atoms with Crippen LogP contribution in [-0.2, 0) is 20.8 Å². The molecule has 0 amide bonds. The monoisotopic (exact) mass is 680 g/mol. The van der Waals surface area contributed by atoms with Crippen LogP contribution in [-0.4, -0.2) is 16.6 Å². The summed E-state index contributed by atoms with van der Waals surface area (Å²) in [4.78, 5) is 0. The van der Waals surface area contributed by atoms with Gasteiger partial charge in [-0.3, -0.25) is 0 Å². The summed E-state index contributed by atoms with van der Waals surface area (Å²) < 4.78 is 0. The van der Waals surface area contributed by atoms with E-state index in [0.29, 0.717) is 0 Å². The Hall–Kier alpha value is 0.857. The third-order valence-electron chi connectivity index (χ3n) is 12.3. The van der Waals surface area contributed by atoms with E-state index in [0.717, 1.165) is 41.4 Å². The second-order valence-electron chi connectivity index (χ2n) is 13.6. The van der Waals surface area contributed by atoms with Gasteiger partial charge in [0.25, 0.3) is 0 Å². The molecule has 0 saturated heterocycles. The van der Waals surface area contributed by atoms with Gasteiger partial charge in [-0.15, -0.1) is 0 Å². The van der Waals surface area contributed by atoms with Crippen LogP contribution in [0.3, 0.4) is 0 Å². The van der Waals surface area contributed by atoms with E-state index in [9.17, 15) is 0 Å². The minimum atomic E-state index is -0.826. The van der Waals surface area contributed by atoms with Crippen LogP contribution in [0.2, 0.25) is 24.2 Å². The molecule has 0 aromatic heterocycles. The summed E-state index contributed by atoms with van der Waals surface area (Å²) in [5.74, 6) is 7.04. The molecule has 0 nitrogen and oxygen atoms in total. The number of fused-ring (bicyclic) bond motifs is 3. The van der Waals surface area contributed by atoms with E-state index < -0.39 is 37.5 Å². The van der Waals surface area contributed by atoms with E-state index in [1.807, 2.05) is 0 Å². The van der Waals surface area contributed by atoms with E-state index in [-0.39, 0.29) is 14.9 Å². The second kappa shape index (κ2) is 16.1. The number of rotatable bonds is 7. The number of hydrogen-bond acceptors (Lipinski definition) is 0. The van der Waals surface area contributed by atoms with Crippen LogP contribution >= 0.6 is 17.0 Å². The normalized spacial score (nSPS) is 37.2. The first-order valence-corrected chi connectivity index (χ1v) is 28.4. The van der Waals surface area contributed by atoms with E-state index >= 15 is 0 Å². The third kappa shape index (κ3) is 7.33. The van der Waals surface area contributed by atoms with Crippen molar-refractivity contribution in [2.75, 3.05) is 0 Å². The van der Waals surface area contributed by atoms with Crippen LogP contribution in [0.15, 0.2) is 30.3 Å². The molecule has 11 unspecified atom stereocenters. The summed E-state index contributed by atoms with van der Waals surface area (Å²) in [6, 6.07) is 9.39.